The molecule has 0 amide bonds. The Morgan fingerprint density at radius 3 is 2.83 bits per heavy atom. The summed E-state index contributed by atoms with van der Waals surface area (Å²) in [5.74, 6) is -0.269. The van der Waals surface area contributed by atoms with E-state index in [0.717, 1.165) is 5.56 Å². The van der Waals surface area contributed by atoms with Gasteiger partial charge in [0.25, 0.3) is 0 Å². The molecule has 2 N–H and O–H groups in total. The lowest BCUT2D eigenvalue weighted by Gasteiger charge is -2.06. The minimum absolute atomic E-state index is 0.0409. The van der Waals surface area contributed by atoms with E-state index in [2.05, 4.69) is 0 Å². The van der Waals surface area contributed by atoms with Crippen molar-refractivity contribution < 1.29 is 24.2 Å². The molecule has 0 spiro atoms. The maximum Gasteiger partial charge on any atom is 0.339 e. The van der Waals surface area contributed by atoms with Crippen LogP contribution in [-0.4, -0.2) is 23.3 Å². The number of hydrogen-bond donors (Lipinski definition) is 2. The van der Waals surface area contributed by atoms with Crippen LogP contribution in [0.25, 0.3) is 0 Å². The molecule has 94 valence electrons. The van der Waals surface area contributed by atoms with Crippen LogP contribution in [-0.2, 0) is 6.42 Å². The third-order valence-electron chi connectivity index (χ3n) is 2.58. The van der Waals surface area contributed by atoms with Crippen LogP contribution >= 0.6 is 0 Å². The lowest BCUT2D eigenvalue weighted by molar-refractivity contribution is 0.0694. The molecule has 1 aromatic carbocycles. The predicted molar refractivity (Wildman–Crippen MR) is 63.1 cm³/mol. The Bertz CT molecular complexity index is 571. The van der Waals surface area contributed by atoms with Crippen molar-refractivity contribution in [2.24, 2.45) is 0 Å². The summed E-state index contributed by atoms with van der Waals surface area (Å²) < 4.78 is 10.1. The van der Waals surface area contributed by atoms with Crippen LogP contribution in [0.3, 0.4) is 0 Å². The van der Waals surface area contributed by atoms with E-state index < -0.39 is 5.97 Å². The van der Waals surface area contributed by atoms with E-state index >= 15 is 0 Å². The van der Waals surface area contributed by atoms with Crippen molar-refractivity contribution in [3.63, 3.8) is 0 Å². The normalized spacial score (nSPS) is 10.3. The molecular formula is C13H12O5. The molecule has 0 fully saturated rings. The molecule has 0 bridgehead atoms. The molecule has 0 aliphatic heterocycles. The molecule has 1 heterocycles. The summed E-state index contributed by atoms with van der Waals surface area (Å²) in [5.41, 5.74) is 0.934. The summed E-state index contributed by atoms with van der Waals surface area (Å²) in [6.07, 6.45) is 1.67. The molecule has 18 heavy (non-hydrogen) atoms. The molecule has 0 radical (unpaired) electrons. The first-order valence-corrected chi connectivity index (χ1v) is 5.27. The molecule has 0 saturated carbocycles. The van der Waals surface area contributed by atoms with Gasteiger partial charge in [0.2, 0.25) is 0 Å². The fourth-order valence-corrected chi connectivity index (χ4v) is 1.69. The van der Waals surface area contributed by atoms with Crippen LogP contribution < -0.4 is 4.74 Å². The zero-order chi connectivity index (χ0) is 13.1. The number of carbonyl (C=O) groups is 1. The van der Waals surface area contributed by atoms with Gasteiger partial charge in [-0.25, -0.2) is 4.79 Å². The Morgan fingerprint density at radius 1 is 1.39 bits per heavy atom. The number of methoxy groups -OCH3 is 1. The van der Waals surface area contributed by atoms with Crippen LogP contribution in [0.15, 0.2) is 34.9 Å². The first-order valence-electron chi connectivity index (χ1n) is 5.27. The van der Waals surface area contributed by atoms with Gasteiger partial charge in [-0.05, 0) is 23.8 Å². The lowest BCUT2D eigenvalue weighted by atomic mass is 10.1. The van der Waals surface area contributed by atoms with Gasteiger partial charge in [-0.15, -0.1) is 0 Å². The number of aromatic carboxylic acids is 1. The van der Waals surface area contributed by atoms with Crippen LogP contribution in [0, 0.1) is 0 Å². The molecule has 5 heteroatoms. The number of furan rings is 1. The van der Waals surface area contributed by atoms with E-state index in [1.165, 1.54) is 25.5 Å². The highest BCUT2D eigenvalue weighted by molar-refractivity contribution is 5.88. The van der Waals surface area contributed by atoms with Gasteiger partial charge in [0.15, 0.2) is 11.5 Å². The summed E-state index contributed by atoms with van der Waals surface area (Å²) in [4.78, 5) is 10.9. The van der Waals surface area contributed by atoms with Crippen molar-refractivity contribution in [1.82, 2.24) is 0 Å². The summed E-state index contributed by atoms with van der Waals surface area (Å²) in [6, 6.07) is 6.24. The van der Waals surface area contributed by atoms with Crippen LogP contribution in [0.1, 0.15) is 21.7 Å². The van der Waals surface area contributed by atoms with Crippen molar-refractivity contribution in [3.8, 4) is 11.5 Å². The Hall–Kier alpha value is -2.43. The maximum absolute atomic E-state index is 10.9. The summed E-state index contributed by atoms with van der Waals surface area (Å²) in [7, 11) is 1.45. The average molecular weight is 248 g/mol. The van der Waals surface area contributed by atoms with Gasteiger partial charge >= 0.3 is 5.97 Å². The fraction of sp³-hybridized carbons (Fsp3) is 0.154. The first kappa shape index (κ1) is 12.0. The minimum atomic E-state index is -1.02. The number of hydrogen-bond acceptors (Lipinski definition) is 4. The Morgan fingerprint density at radius 2 is 2.17 bits per heavy atom. The van der Waals surface area contributed by atoms with Crippen molar-refractivity contribution in [1.29, 1.82) is 0 Å². The van der Waals surface area contributed by atoms with Gasteiger partial charge in [0, 0.05) is 6.42 Å². The number of phenolic OH excluding ortho intramolecular Hbond substituents is 1. The Kier molecular flexibility index (Phi) is 3.23. The molecule has 0 unspecified atom stereocenters. The smallest absolute Gasteiger partial charge is 0.339 e. The van der Waals surface area contributed by atoms with E-state index in [1.807, 2.05) is 0 Å². The zero-order valence-corrected chi connectivity index (χ0v) is 9.71. The lowest BCUT2D eigenvalue weighted by Crippen LogP contribution is -1.99. The second-order valence-electron chi connectivity index (χ2n) is 3.75. The molecule has 0 saturated heterocycles. The molecule has 0 aliphatic rings. The number of phenols is 1. The molecular weight excluding hydrogens is 236 g/mol. The SMILES string of the molecule is COc1cc(Cc2occc2C(=O)O)ccc1O. The third-order valence-corrected chi connectivity index (χ3v) is 2.58. The summed E-state index contributed by atoms with van der Waals surface area (Å²) in [5, 5.41) is 18.4. The van der Waals surface area contributed by atoms with Crippen molar-refractivity contribution in [2.45, 2.75) is 6.42 Å². The van der Waals surface area contributed by atoms with Gasteiger partial charge in [0.1, 0.15) is 11.3 Å². The number of carboxylic acids is 1. The highest BCUT2D eigenvalue weighted by Crippen LogP contribution is 2.27. The quantitative estimate of drug-likeness (QED) is 0.867. The van der Waals surface area contributed by atoms with Gasteiger partial charge in [-0.3, -0.25) is 0 Å². The summed E-state index contributed by atoms with van der Waals surface area (Å²) in [6.45, 7) is 0. The molecule has 2 aromatic rings. The highest BCUT2D eigenvalue weighted by Gasteiger charge is 2.14. The molecule has 2 rings (SSSR count). The van der Waals surface area contributed by atoms with Crippen LogP contribution in [0.4, 0.5) is 0 Å². The van der Waals surface area contributed by atoms with Crippen LogP contribution in [0.2, 0.25) is 0 Å². The standard InChI is InChI=1S/C13H12O5/c1-17-12-7-8(2-3-10(12)14)6-11-9(13(15)16)4-5-18-11/h2-5,7,14H,6H2,1H3,(H,15,16). The largest absolute Gasteiger partial charge is 0.504 e. The van der Waals surface area contributed by atoms with E-state index in [4.69, 9.17) is 14.3 Å². The highest BCUT2D eigenvalue weighted by atomic mass is 16.5. The average Bonchev–Trinajstić information content (AvgIpc) is 2.80. The number of aromatic hydroxyl groups is 1. The Labute approximate surface area is 103 Å². The number of benzene rings is 1. The maximum atomic E-state index is 10.9. The molecule has 0 aliphatic carbocycles. The van der Waals surface area contributed by atoms with Crippen molar-refractivity contribution in [2.75, 3.05) is 7.11 Å². The topological polar surface area (TPSA) is 79.9 Å². The van der Waals surface area contributed by atoms with E-state index in [0.29, 0.717) is 17.9 Å². The van der Waals surface area contributed by atoms with Crippen LogP contribution in [0.5, 0.6) is 11.5 Å². The second kappa shape index (κ2) is 4.83. The van der Waals surface area contributed by atoms with Gasteiger partial charge < -0.3 is 19.4 Å². The van der Waals surface area contributed by atoms with E-state index in [9.17, 15) is 9.90 Å². The fourth-order valence-electron chi connectivity index (χ4n) is 1.69. The summed E-state index contributed by atoms with van der Waals surface area (Å²) >= 11 is 0. The zero-order valence-electron chi connectivity index (χ0n) is 9.71. The van der Waals surface area contributed by atoms with Gasteiger partial charge in [-0.1, -0.05) is 6.07 Å². The van der Waals surface area contributed by atoms with Crippen molar-refractivity contribution in [3.05, 3.63) is 47.4 Å². The third kappa shape index (κ3) is 2.29. The second-order valence-corrected chi connectivity index (χ2v) is 3.75. The molecule has 1 aromatic heterocycles. The predicted octanol–water partition coefficient (Wildman–Crippen LogP) is 2.28. The van der Waals surface area contributed by atoms with Crippen molar-refractivity contribution >= 4 is 5.97 Å². The molecule has 5 nitrogen and oxygen atoms in total. The minimum Gasteiger partial charge on any atom is -0.504 e. The van der Waals surface area contributed by atoms with Gasteiger partial charge in [0.05, 0.1) is 13.4 Å². The van der Waals surface area contributed by atoms with Gasteiger partial charge in [-0.2, -0.15) is 0 Å². The number of carboxylic acid groups (broad SMARTS) is 1. The first-order chi connectivity index (χ1) is 8.61. The number of ether oxygens (including phenoxy) is 1. The van der Waals surface area contributed by atoms with E-state index in [1.54, 1.807) is 12.1 Å². The monoisotopic (exact) mass is 248 g/mol. The molecule has 0 atom stereocenters. The Balaban J connectivity index is 2.28. The van der Waals surface area contributed by atoms with E-state index in [-0.39, 0.29) is 11.3 Å². The number of rotatable bonds is 4.